The van der Waals surface area contributed by atoms with Gasteiger partial charge in [-0.15, -0.1) is 11.8 Å². The summed E-state index contributed by atoms with van der Waals surface area (Å²) in [5, 5.41) is 10.9. The van der Waals surface area contributed by atoms with Crippen molar-refractivity contribution in [1.82, 2.24) is 5.32 Å². The minimum absolute atomic E-state index is 0.0721. The quantitative estimate of drug-likeness (QED) is 0.840. The number of rotatable bonds is 4. The second-order valence-corrected chi connectivity index (χ2v) is 4.90. The molecule has 1 aromatic rings. The number of alkyl halides is 3. The molecule has 0 saturated heterocycles. The van der Waals surface area contributed by atoms with Gasteiger partial charge in [-0.1, -0.05) is 11.6 Å². The Labute approximate surface area is 117 Å². The van der Waals surface area contributed by atoms with Gasteiger partial charge in [0.05, 0.1) is 17.1 Å². The summed E-state index contributed by atoms with van der Waals surface area (Å²) in [7, 11) is 0. The van der Waals surface area contributed by atoms with Crippen molar-refractivity contribution >= 4 is 29.3 Å². The summed E-state index contributed by atoms with van der Waals surface area (Å²) in [4.78, 5) is 12.4. The second-order valence-electron chi connectivity index (χ2n) is 3.61. The highest BCUT2D eigenvalue weighted by Crippen LogP contribution is 2.23. The van der Waals surface area contributed by atoms with Gasteiger partial charge in [-0.2, -0.15) is 13.2 Å². The number of nitrogens with one attached hydrogen (secondary N) is 1. The van der Waals surface area contributed by atoms with Gasteiger partial charge in [0, 0.05) is 4.90 Å². The molecule has 0 heterocycles. The summed E-state index contributed by atoms with van der Waals surface area (Å²) in [5.74, 6) is -0.760. The summed E-state index contributed by atoms with van der Waals surface area (Å²) in [5.41, 5.74) is 0.0721. The number of hydrogen-bond acceptors (Lipinski definition) is 3. The molecule has 0 aromatic heterocycles. The third kappa shape index (κ3) is 4.59. The van der Waals surface area contributed by atoms with Crippen LogP contribution in [0.4, 0.5) is 13.2 Å². The van der Waals surface area contributed by atoms with Crippen LogP contribution in [-0.4, -0.2) is 36.1 Å². The molecular formula is C11H11ClF3NO2S. The Morgan fingerprint density at radius 3 is 2.68 bits per heavy atom. The molecule has 0 spiro atoms. The van der Waals surface area contributed by atoms with Crippen LogP contribution in [0.5, 0.6) is 0 Å². The number of carbonyl (C=O) groups excluding carboxylic acids is 1. The molecule has 0 radical (unpaired) electrons. The second kappa shape index (κ2) is 6.49. The standard InChI is InChI=1S/C11H11ClF3NO2S/c1-19-6-2-3-8(12)7(4-6)10(18)16-5-9(17)11(13,14)15/h2-4,9,17H,5H2,1H3,(H,16,18). The van der Waals surface area contributed by atoms with Crippen LogP contribution >= 0.6 is 23.4 Å². The van der Waals surface area contributed by atoms with Gasteiger partial charge in [0.25, 0.3) is 5.91 Å². The van der Waals surface area contributed by atoms with E-state index < -0.39 is 24.7 Å². The van der Waals surface area contributed by atoms with Gasteiger partial charge in [0.1, 0.15) is 0 Å². The number of aliphatic hydroxyl groups is 1. The highest BCUT2D eigenvalue weighted by Gasteiger charge is 2.38. The van der Waals surface area contributed by atoms with Crippen molar-refractivity contribution in [3.8, 4) is 0 Å². The molecule has 2 N–H and O–H groups in total. The van der Waals surface area contributed by atoms with Gasteiger partial charge in [-0.3, -0.25) is 4.79 Å². The molecule has 0 bridgehead atoms. The van der Waals surface area contributed by atoms with Gasteiger partial charge in [-0.25, -0.2) is 0 Å². The first-order valence-corrected chi connectivity index (χ1v) is 6.72. The van der Waals surface area contributed by atoms with Crippen molar-refractivity contribution in [2.24, 2.45) is 0 Å². The molecule has 1 aromatic carbocycles. The fourth-order valence-electron chi connectivity index (χ4n) is 1.21. The zero-order valence-corrected chi connectivity index (χ0v) is 11.4. The lowest BCUT2D eigenvalue weighted by Crippen LogP contribution is -2.40. The van der Waals surface area contributed by atoms with E-state index in [2.05, 4.69) is 0 Å². The molecular weight excluding hydrogens is 303 g/mol. The van der Waals surface area contributed by atoms with Gasteiger partial charge < -0.3 is 10.4 Å². The van der Waals surface area contributed by atoms with Crippen molar-refractivity contribution in [3.63, 3.8) is 0 Å². The van der Waals surface area contributed by atoms with E-state index in [1.807, 2.05) is 5.32 Å². The summed E-state index contributed by atoms with van der Waals surface area (Å²) in [6.45, 7) is -0.915. The Kier molecular flexibility index (Phi) is 5.51. The van der Waals surface area contributed by atoms with Crippen molar-refractivity contribution in [3.05, 3.63) is 28.8 Å². The molecule has 0 saturated carbocycles. The molecule has 106 valence electrons. The monoisotopic (exact) mass is 313 g/mol. The van der Waals surface area contributed by atoms with E-state index in [1.165, 1.54) is 23.9 Å². The van der Waals surface area contributed by atoms with Crippen LogP contribution in [-0.2, 0) is 0 Å². The largest absolute Gasteiger partial charge is 0.416 e. The van der Waals surface area contributed by atoms with Crippen molar-refractivity contribution in [2.75, 3.05) is 12.8 Å². The Morgan fingerprint density at radius 2 is 2.16 bits per heavy atom. The van der Waals surface area contributed by atoms with E-state index in [4.69, 9.17) is 16.7 Å². The number of carbonyl (C=O) groups is 1. The summed E-state index contributed by atoms with van der Waals surface area (Å²) >= 11 is 7.17. The molecule has 0 fully saturated rings. The number of halogens is 4. The Balaban J connectivity index is 2.74. The summed E-state index contributed by atoms with van der Waals surface area (Å²) in [6.07, 6.45) is -5.57. The normalized spacial score (nSPS) is 13.2. The minimum atomic E-state index is -4.77. The van der Waals surface area contributed by atoms with Crippen LogP contribution in [0.15, 0.2) is 23.1 Å². The molecule has 0 aliphatic heterocycles. The van der Waals surface area contributed by atoms with Crippen LogP contribution in [0.25, 0.3) is 0 Å². The maximum Gasteiger partial charge on any atom is 0.416 e. The van der Waals surface area contributed by atoms with E-state index in [1.54, 1.807) is 12.3 Å². The fourth-order valence-corrected chi connectivity index (χ4v) is 1.85. The molecule has 8 heteroatoms. The maximum atomic E-state index is 12.1. The highest BCUT2D eigenvalue weighted by atomic mass is 35.5. The van der Waals surface area contributed by atoms with E-state index in [0.717, 1.165) is 4.90 Å². The summed E-state index contributed by atoms with van der Waals surface area (Å²) < 4.78 is 36.2. The van der Waals surface area contributed by atoms with Gasteiger partial charge in [0.15, 0.2) is 6.10 Å². The van der Waals surface area contributed by atoms with Crippen molar-refractivity contribution in [1.29, 1.82) is 0 Å². The van der Waals surface area contributed by atoms with Crippen LogP contribution in [0.1, 0.15) is 10.4 Å². The number of hydrogen-bond donors (Lipinski definition) is 2. The predicted molar refractivity (Wildman–Crippen MR) is 67.6 cm³/mol. The van der Waals surface area contributed by atoms with Gasteiger partial charge in [-0.05, 0) is 24.5 Å². The lowest BCUT2D eigenvalue weighted by atomic mass is 10.2. The zero-order valence-electron chi connectivity index (χ0n) is 9.79. The SMILES string of the molecule is CSc1ccc(Cl)c(C(=O)NCC(O)C(F)(F)F)c1. The number of amides is 1. The summed E-state index contributed by atoms with van der Waals surface area (Å²) in [6, 6.07) is 4.65. The predicted octanol–water partition coefficient (Wildman–Crippen LogP) is 2.71. The first-order chi connectivity index (χ1) is 8.75. The fraction of sp³-hybridized carbons (Fsp3) is 0.364. The Morgan fingerprint density at radius 1 is 1.53 bits per heavy atom. The van der Waals surface area contributed by atoms with E-state index in [-0.39, 0.29) is 10.6 Å². The average molecular weight is 314 g/mol. The number of aliphatic hydroxyl groups excluding tert-OH is 1. The third-order valence-corrected chi connectivity index (χ3v) is 3.31. The van der Waals surface area contributed by atoms with Crippen molar-refractivity contribution < 1.29 is 23.1 Å². The molecule has 1 unspecified atom stereocenters. The van der Waals surface area contributed by atoms with Crippen LogP contribution < -0.4 is 5.32 Å². The third-order valence-electron chi connectivity index (χ3n) is 2.25. The van der Waals surface area contributed by atoms with Crippen LogP contribution in [0, 0.1) is 0 Å². The van der Waals surface area contributed by atoms with Gasteiger partial charge >= 0.3 is 6.18 Å². The number of thioether (sulfide) groups is 1. The van der Waals surface area contributed by atoms with E-state index >= 15 is 0 Å². The molecule has 3 nitrogen and oxygen atoms in total. The van der Waals surface area contributed by atoms with E-state index in [0.29, 0.717) is 0 Å². The molecule has 1 atom stereocenters. The zero-order chi connectivity index (χ0) is 14.6. The Hall–Kier alpha value is -0.920. The minimum Gasteiger partial charge on any atom is -0.382 e. The first kappa shape index (κ1) is 16.1. The topological polar surface area (TPSA) is 49.3 Å². The van der Waals surface area contributed by atoms with E-state index in [9.17, 15) is 18.0 Å². The van der Waals surface area contributed by atoms with Crippen LogP contribution in [0.2, 0.25) is 5.02 Å². The molecule has 19 heavy (non-hydrogen) atoms. The van der Waals surface area contributed by atoms with Crippen LogP contribution in [0.3, 0.4) is 0 Å². The lowest BCUT2D eigenvalue weighted by molar-refractivity contribution is -0.201. The average Bonchev–Trinajstić information content (AvgIpc) is 2.34. The van der Waals surface area contributed by atoms with Crippen molar-refractivity contribution in [2.45, 2.75) is 17.2 Å². The highest BCUT2D eigenvalue weighted by molar-refractivity contribution is 7.98. The molecule has 1 rings (SSSR count). The molecule has 0 aliphatic rings. The first-order valence-electron chi connectivity index (χ1n) is 5.12. The molecule has 1 amide bonds. The molecule has 0 aliphatic carbocycles. The lowest BCUT2D eigenvalue weighted by Gasteiger charge is -2.15. The number of benzene rings is 1. The maximum absolute atomic E-state index is 12.1. The van der Waals surface area contributed by atoms with Gasteiger partial charge in [0.2, 0.25) is 0 Å². The smallest absolute Gasteiger partial charge is 0.382 e. The Bertz CT molecular complexity index is 468.